The Hall–Kier alpha value is -5.10. The maximum absolute atomic E-state index is 14.3. The number of pyridine rings is 2. The lowest BCUT2D eigenvalue weighted by Gasteiger charge is -2.31. The van der Waals surface area contributed by atoms with Crippen molar-refractivity contribution in [2.24, 2.45) is 5.92 Å². The van der Waals surface area contributed by atoms with Crippen LogP contribution in [0.15, 0.2) is 79.0 Å². The van der Waals surface area contributed by atoms with E-state index in [-0.39, 0.29) is 17.0 Å². The highest BCUT2D eigenvalue weighted by atomic mass is 19.4. The Kier molecular flexibility index (Phi) is 9.26. The number of aryl methyl sites for hydroxylation is 1. The maximum Gasteiger partial charge on any atom is 0.434 e. The monoisotopic (exact) mass is 669 g/mol. The lowest BCUT2D eigenvalue weighted by Crippen LogP contribution is -2.34. The molecular formula is C37H38F3N7O2. The molecule has 4 heterocycles. The number of alkyl halides is 3. The first-order chi connectivity index (χ1) is 23.3. The number of benzene rings is 2. The van der Waals surface area contributed by atoms with Crippen LogP contribution >= 0.6 is 0 Å². The lowest BCUT2D eigenvalue weighted by molar-refractivity contribution is -0.141. The average molecular weight is 670 g/mol. The zero-order valence-corrected chi connectivity index (χ0v) is 27.7. The minimum absolute atomic E-state index is 0.0830. The van der Waals surface area contributed by atoms with Gasteiger partial charge in [-0.25, -0.2) is 19.4 Å². The number of rotatable bonds is 7. The van der Waals surface area contributed by atoms with E-state index in [1.807, 2.05) is 58.0 Å². The standard InChI is InChI=1S/C37H38F3N7O2/c1-22-10-12-27(13-11-22)47-30(21-29(46-47)36(2,3)4)44-35(49)43-26-9-5-7-24(19-26)31(23-14-17-41-18-15-23)32(48)28-20-25-8-6-16-42-34(25)45-33(28)37(38,39)40/h5-13,16,19-21,23,31,41H,14-15,17-18H2,1-4H3,(H2,43,44,49). The first-order valence-corrected chi connectivity index (χ1v) is 16.2. The van der Waals surface area contributed by atoms with Crippen LogP contribution in [0, 0.1) is 12.8 Å². The Bertz CT molecular complexity index is 1990. The van der Waals surface area contributed by atoms with Gasteiger partial charge in [0.05, 0.1) is 17.3 Å². The van der Waals surface area contributed by atoms with E-state index in [9.17, 15) is 22.8 Å². The fourth-order valence-electron chi connectivity index (χ4n) is 6.20. The zero-order chi connectivity index (χ0) is 34.9. The summed E-state index contributed by atoms with van der Waals surface area (Å²) in [4.78, 5) is 35.5. The Morgan fingerprint density at radius 1 is 0.939 bits per heavy atom. The second-order valence-corrected chi connectivity index (χ2v) is 13.5. The van der Waals surface area contributed by atoms with E-state index in [1.54, 1.807) is 41.1 Å². The maximum atomic E-state index is 14.3. The van der Waals surface area contributed by atoms with Gasteiger partial charge in [0, 0.05) is 34.3 Å². The van der Waals surface area contributed by atoms with E-state index in [0.717, 1.165) is 16.9 Å². The predicted octanol–water partition coefficient (Wildman–Crippen LogP) is 8.05. The molecular weight excluding hydrogens is 631 g/mol. The van der Waals surface area contributed by atoms with E-state index in [4.69, 9.17) is 5.10 Å². The van der Waals surface area contributed by atoms with E-state index >= 15 is 0 Å². The minimum atomic E-state index is -4.87. The van der Waals surface area contributed by atoms with Crippen LogP contribution in [0.3, 0.4) is 0 Å². The summed E-state index contributed by atoms with van der Waals surface area (Å²) in [5, 5.41) is 14.1. The smallest absolute Gasteiger partial charge is 0.317 e. The molecule has 9 nitrogen and oxygen atoms in total. The van der Waals surface area contributed by atoms with Crippen LogP contribution < -0.4 is 16.0 Å². The van der Waals surface area contributed by atoms with Gasteiger partial charge in [0.25, 0.3) is 0 Å². The molecule has 49 heavy (non-hydrogen) atoms. The first-order valence-electron chi connectivity index (χ1n) is 16.2. The van der Waals surface area contributed by atoms with E-state index in [2.05, 4.69) is 25.9 Å². The normalized spacial score (nSPS) is 14.8. The number of carbonyl (C=O) groups excluding carboxylic acids is 2. The third-order valence-corrected chi connectivity index (χ3v) is 8.76. The molecule has 1 saturated heterocycles. The molecule has 5 aromatic rings. The Labute approximate surface area is 282 Å². The van der Waals surface area contributed by atoms with E-state index < -0.39 is 35.2 Å². The van der Waals surface area contributed by atoms with Gasteiger partial charge < -0.3 is 10.6 Å². The van der Waals surface area contributed by atoms with E-state index in [0.29, 0.717) is 48.4 Å². The summed E-state index contributed by atoms with van der Waals surface area (Å²) in [6.45, 7) is 9.35. The van der Waals surface area contributed by atoms with Crippen LogP contribution in [0.4, 0.5) is 29.5 Å². The van der Waals surface area contributed by atoms with Crippen molar-refractivity contribution in [1.29, 1.82) is 0 Å². The highest BCUT2D eigenvalue weighted by molar-refractivity contribution is 6.05. The number of halogens is 3. The molecule has 3 N–H and O–H groups in total. The molecule has 0 saturated carbocycles. The molecule has 12 heteroatoms. The number of carbonyl (C=O) groups is 2. The van der Waals surface area contributed by atoms with E-state index in [1.165, 1.54) is 12.3 Å². The number of hydrogen-bond donors (Lipinski definition) is 3. The molecule has 1 fully saturated rings. The number of aromatic nitrogens is 4. The van der Waals surface area contributed by atoms with Crippen LogP contribution in [0.2, 0.25) is 0 Å². The zero-order valence-electron chi connectivity index (χ0n) is 27.7. The molecule has 0 spiro atoms. The molecule has 254 valence electrons. The van der Waals surface area contributed by atoms with Crippen molar-refractivity contribution in [3.63, 3.8) is 0 Å². The van der Waals surface area contributed by atoms with Crippen molar-refractivity contribution < 1.29 is 22.8 Å². The number of piperidine rings is 1. The Balaban J connectivity index is 1.32. The molecule has 0 radical (unpaired) electrons. The fraction of sp³-hybridized carbons (Fsp3) is 0.324. The average Bonchev–Trinajstić information content (AvgIpc) is 3.49. The molecule has 2 aromatic carbocycles. The van der Waals surface area contributed by atoms with Gasteiger partial charge in [-0.3, -0.25) is 10.1 Å². The van der Waals surface area contributed by atoms with Gasteiger partial charge in [-0.1, -0.05) is 50.6 Å². The van der Waals surface area contributed by atoms with Crippen molar-refractivity contribution in [2.45, 2.75) is 58.0 Å². The van der Waals surface area contributed by atoms with Crippen molar-refractivity contribution >= 4 is 34.4 Å². The summed E-state index contributed by atoms with van der Waals surface area (Å²) in [6.07, 6.45) is -2.31. The van der Waals surface area contributed by atoms with Gasteiger partial charge in [-0.15, -0.1) is 0 Å². The highest BCUT2D eigenvalue weighted by Crippen LogP contribution is 2.39. The lowest BCUT2D eigenvalue weighted by atomic mass is 9.76. The Morgan fingerprint density at radius 3 is 2.37 bits per heavy atom. The van der Waals surface area contributed by atoms with Crippen molar-refractivity contribution in [3.05, 3.63) is 107 Å². The van der Waals surface area contributed by atoms with Gasteiger partial charge >= 0.3 is 12.2 Å². The number of ketones is 1. The van der Waals surface area contributed by atoms with Gasteiger partial charge in [-0.2, -0.15) is 18.3 Å². The number of anilines is 2. The third kappa shape index (κ3) is 7.49. The first kappa shape index (κ1) is 33.8. The van der Waals surface area contributed by atoms with Gasteiger partial charge in [0.15, 0.2) is 17.1 Å². The largest absolute Gasteiger partial charge is 0.434 e. The number of urea groups is 1. The number of amides is 2. The fourth-order valence-corrected chi connectivity index (χ4v) is 6.20. The number of fused-ring (bicyclic) bond motifs is 1. The number of hydrogen-bond acceptors (Lipinski definition) is 6. The van der Waals surface area contributed by atoms with Gasteiger partial charge in [-0.05, 0) is 86.8 Å². The summed E-state index contributed by atoms with van der Waals surface area (Å²) in [5.41, 5.74) is 1.43. The highest BCUT2D eigenvalue weighted by Gasteiger charge is 2.41. The summed E-state index contributed by atoms with van der Waals surface area (Å²) >= 11 is 0. The quantitative estimate of drug-likeness (QED) is 0.151. The van der Waals surface area contributed by atoms with Crippen LogP contribution in [-0.2, 0) is 11.6 Å². The van der Waals surface area contributed by atoms with Crippen LogP contribution in [0.1, 0.15) is 72.4 Å². The molecule has 1 unspecified atom stereocenters. The topological polar surface area (TPSA) is 114 Å². The predicted molar refractivity (Wildman–Crippen MR) is 183 cm³/mol. The van der Waals surface area contributed by atoms with Gasteiger partial charge in [0.2, 0.25) is 0 Å². The summed E-state index contributed by atoms with van der Waals surface area (Å²) in [7, 11) is 0. The molecule has 0 aliphatic carbocycles. The molecule has 0 bridgehead atoms. The number of nitrogens with one attached hydrogen (secondary N) is 3. The summed E-state index contributed by atoms with van der Waals surface area (Å²) < 4.78 is 44.7. The molecule has 1 atom stereocenters. The van der Waals surface area contributed by atoms with Gasteiger partial charge in [0.1, 0.15) is 5.82 Å². The van der Waals surface area contributed by atoms with Crippen molar-refractivity contribution in [2.75, 3.05) is 23.7 Å². The van der Waals surface area contributed by atoms with Crippen molar-refractivity contribution in [1.82, 2.24) is 25.1 Å². The molecule has 3 aromatic heterocycles. The van der Waals surface area contributed by atoms with Crippen molar-refractivity contribution in [3.8, 4) is 5.69 Å². The number of nitrogens with zero attached hydrogens (tertiary/aromatic N) is 4. The molecule has 6 rings (SSSR count). The summed E-state index contributed by atoms with van der Waals surface area (Å²) in [6, 6.07) is 20.2. The molecule has 1 aliphatic heterocycles. The van der Waals surface area contributed by atoms with Crippen LogP contribution in [0.25, 0.3) is 16.7 Å². The minimum Gasteiger partial charge on any atom is -0.317 e. The van der Waals surface area contributed by atoms with Crippen LogP contribution in [-0.4, -0.2) is 44.7 Å². The Morgan fingerprint density at radius 2 is 1.67 bits per heavy atom. The molecule has 1 aliphatic rings. The molecule has 2 amide bonds. The second-order valence-electron chi connectivity index (χ2n) is 13.5. The summed E-state index contributed by atoms with van der Waals surface area (Å²) in [5.74, 6) is -1.34. The second kappa shape index (κ2) is 13.4. The SMILES string of the molecule is Cc1ccc(-n2nc(C(C)(C)C)cc2NC(=O)Nc2cccc(C(C(=O)c3cc4cccnc4nc3C(F)(F)F)C3CCNCC3)c2)cc1. The third-order valence-electron chi connectivity index (χ3n) is 8.76. The van der Waals surface area contributed by atoms with Crippen LogP contribution in [0.5, 0.6) is 0 Å². The number of Topliss-reactive ketones (excluding diaryl/α,β-unsaturated/α-hetero) is 1.